The van der Waals surface area contributed by atoms with Gasteiger partial charge >= 0.3 is 5.97 Å². The lowest BCUT2D eigenvalue weighted by Gasteiger charge is -2.18. The largest absolute Gasteiger partial charge is 0.480 e. The molecular formula is C13H17NO4. The van der Waals surface area contributed by atoms with Crippen molar-refractivity contribution in [3.8, 4) is 0 Å². The summed E-state index contributed by atoms with van der Waals surface area (Å²) in [4.78, 5) is 22.6. The first kappa shape index (κ1) is 14.2. The Morgan fingerprint density at radius 3 is 2.44 bits per heavy atom. The molecule has 1 aromatic carbocycles. The van der Waals surface area contributed by atoms with E-state index < -0.39 is 24.0 Å². The standard InChI is InChI=1S/C13H17NO4/c1-3-18-11(10-7-5-4-6-8-10)12(15)14-9(2)13(16)17/h4-9,11H,3H2,1-2H3,(H,14,15)(H,16,17). The Morgan fingerprint density at radius 1 is 1.33 bits per heavy atom. The molecule has 2 atom stereocenters. The number of ether oxygens (including phenoxy) is 1. The summed E-state index contributed by atoms with van der Waals surface area (Å²) in [5.74, 6) is -1.52. The lowest BCUT2D eigenvalue weighted by molar-refractivity contribution is -0.144. The highest BCUT2D eigenvalue weighted by molar-refractivity contribution is 5.86. The third kappa shape index (κ3) is 3.85. The summed E-state index contributed by atoms with van der Waals surface area (Å²) in [5.41, 5.74) is 0.703. The minimum Gasteiger partial charge on any atom is -0.480 e. The van der Waals surface area contributed by atoms with Gasteiger partial charge in [-0.3, -0.25) is 9.59 Å². The Balaban J connectivity index is 2.79. The van der Waals surface area contributed by atoms with Crippen LogP contribution in [0.3, 0.4) is 0 Å². The molecule has 1 aromatic rings. The predicted molar refractivity (Wildman–Crippen MR) is 66.0 cm³/mol. The maximum Gasteiger partial charge on any atom is 0.325 e. The Hall–Kier alpha value is -1.88. The van der Waals surface area contributed by atoms with E-state index in [1.165, 1.54) is 6.92 Å². The van der Waals surface area contributed by atoms with Gasteiger partial charge in [0, 0.05) is 6.61 Å². The van der Waals surface area contributed by atoms with Crippen molar-refractivity contribution in [2.75, 3.05) is 6.61 Å². The van der Waals surface area contributed by atoms with Crippen molar-refractivity contribution < 1.29 is 19.4 Å². The molecule has 0 bridgehead atoms. The van der Waals surface area contributed by atoms with Crippen molar-refractivity contribution in [2.45, 2.75) is 26.0 Å². The molecule has 0 aromatic heterocycles. The van der Waals surface area contributed by atoms with Crippen LogP contribution in [0.15, 0.2) is 30.3 Å². The number of benzene rings is 1. The topological polar surface area (TPSA) is 75.6 Å². The Labute approximate surface area is 106 Å². The van der Waals surface area contributed by atoms with Crippen molar-refractivity contribution in [1.29, 1.82) is 0 Å². The number of nitrogens with one attached hydrogen (secondary N) is 1. The van der Waals surface area contributed by atoms with Crippen LogP contribution in [-0.2, 0) is 14.3 Å². The second-order valence-electron chi connectivity index (χ2n) is 3.81. The summed E-state index contributed by atoms with van der Waals surface area (Å²) in [6.45, 7) is 3.56. The van der Waals surface area contributed by atoms with Crippen LogP contribution in [0.4, 0.5) is 0 Å². The minimum atomic E-state index is -1.08. The van der Waals surface area contributed by atoms with E-state index in [2.05, 4.69) is 5.32 Å². The number of amides is 1. The maximum absolute atomic E-state index is 11.9. The molecule has 1 amide bonds. The average Bonchev–Trinajstić information content (AvgIpc) is 2.36. The summed E-state index contributed by atoms with van der Waals surface area (Å²) >= 11 is 0. The molecule has 18 heavy (non-hydrogen) atoms. The molecule has 0 radical (unpaired) electrons. The molecule has 0 aliphatic heterocycles. The van der Waals surface area contributed by atoms with Gasteiger partial charge in [-0.05, 0) is 19.4 Å². The molecule has 0 aliphatic carbocycles. The molecule has 0 aliphatic rings. The molecule has 0 spiro atoms. The van der Waals surface area contributed by atoms with Crippen LogP contribution in [-0.4, -0.2) is 29.6 Å². The third-order valence-corrected chi connectivity index (χ3v) is 2.40. The zero-order chi connectivity index (χ0) is 13.5. The lowest BCUT2D eigenvalue weighted by Crippen LogP contribution is -2.41. The fourth-order valence-electron chi connectivity index (χ4n) is 1.47. The molecule has 5 heteroatoms. The van der Waals surface area contributed by atoms with E-state index in [4.69, 9.17) is 9.84 Å². The van der Waals surface area contributed by atoms with Crippen molar-refractivity contribution in [3.63, 3.8) is 0 Å². The van der Waals surface area contributed by atoms with Gasteiger partial charge in [0.05, 0.1) is 0 Å². The van der Waals surface area contributed by atoms with Crippen LogP contribution in [0, 0.1) is 0 Å². The number of carbonyl (C=O) groups excluding carboxylic acids is 1. The quantitative estimate of drug-likeness (QED) is 0.800. The summed E-state index contributed by atoms with van der Waals surface area (Å²) < 4.78 is 5.37. The van der Waals surface area contributed by atoms with E-state index in [-0.39, 0.29) is 0 Å². The second kappa shape index (κ2) is 6.76. The van der Waals surface area contributed by atoms with Gasteiger partial charge in [0.1, 0.15) is 6.04 Å². The van der Waals surface area contributed by atoms with E-state index in [1.54, 1.807) is 31.2 Å². The Morgan fingerprint density at radius 2 is 1.94 bits per heavy atom. The first-order chi connectivity index (χ1) is 8.56. The van der Waals surface area contributed by atoms with E-state index in [0.29, 0.717) is 12.2 Å². The summed E-state index contributed by atoms with van der Waals surface area (Å²) in [6.07, 6.45) is -0.780. The van der Waals surface area contributed by atoms with Crippen LogP contribution in [0.1, 0.15) is 25.5 Å². The molecule has 1 rings (SSSR count). The number of carboxylic acid groups (broad SMARTS) is 1. The van der Waals surface area contributed by atoms with Crippen molar-refractivity contribution in [3.05, 3.63) is 35.9 Å². The lowest BCUT2D eigenvalue weighted by atomic mass is 10.1. The average molecular weight is 251 g/mol. The highest BCUT2D eigenvalue weighted by Crippen LogP contribution is 2.17. The van der Waals surface area contributed by atoms with E-state index >= 15 is 0 Å². The normalized spacial score (nSPS) is 13.7. The first-order valence-corrected chi connectivity index (χ1v) is 5.76. The Bertz CT molecular complexity index is 405. The number of hydrogen-bond donors (Lipinski definition) is 2. The van der Waals surface area contributed by atoms with Gasteiger partial charge in [0.25, 0.3) is 5.91 Å². The van der Waals surface area contributed by atoms with Gasteiger partial charge in [-0.1, -0.05) is 30.3 Å². The second-order valence-corrected chi connectivity index (χ2v) is 3.81. The van der Waals surface area contributed by atoms with E-state index in [0.717, 1.165) is 0 Å². The fraction of sp³-hybridized carbons (Fsp3) is 0.385. The maximum atomic E-state index is 11.9. The van der Waals surface area contributed by atoms with Crippen LogP contribution in [0.2, 0.25) is 0 Å². The zero-order valence-corrected chi connectivity index (χ0v) is 10.4. The molecule has 0 heterocycles. The molecule has 2 N–H and O–H groups in total. The highest BCUT2D eigenvalue weighted by Gasteiger charge is 2.24. The summed E-state index contributed by atoms with van der Waals surface area (Å²) in [6, 6.07) is 8.04. The molecule has 98 valence electrons. The van der Waals surface area contributed by atoms with Gasteiger partial charge < -0.3 is 15.2 Å². The van der Waals surface area contributed by atoms with Crippen LogP contribution >= 0.6 is 0 Å². The molecule has 2 unspecified atom stereocenters. The molecule has 0 saturated carbocycles. The highest BCUT2D eigenvalue weighted by atomic mass is 16.5. The molecule has 5 nitrogen and oxygen atoms in total. The van der Waals surface area contributed by atoms with Crippen molar-refractivity contribution in [1.82, 2.24) is 5.32 Å². The fourth-order valence-corrected chi connectivity index (χ4v) is 1.47. The minimum absolute atomic E-state index is 0.369. The van der Waals surface area contributed by atoms with Crippen molar-refractivity contribution in [2.24, 2.45) is 0 Å². The van der Waals surface area contributed by atoms with Gasteiger partial charge in [0.2, 0.25) is 0 Å². The summed E-state index contributed by atoms with van der Waals surface area (Å²) in [5, 5.41) is 11.2. The summed E-state index contributed by atoms with van der Waals surface area (Å²) in [7, 11) is 0. The first-order valence-electron chi connectivity index (χ1n) is 5.76. The zero-order valence-electron chi connectivity index (χ0n) is 10.4. The number of rotatable bonds is 6. The van der Waals surface area contributed by atoms with Crippen molar-refractivity contribution >= 4 is 11.9 Å². The van der Waals surface area contributed by atoms with Gasteiger partial charge in [-0.2, -0.15) is 0 Å². The number of hydrogen-bond acceptors (Lipinski definition) is 3. The van der Waals surface area contributed by atoms with Crippen LogP contribution in [0.5, 0.6) is 0 Å². The van der Waals surface area contributed by atoms with Gasteiger partial charge in [0.15, 0.2) is 6.10 Å². The van der Waals surface area contributed by atoms with Gasteiger partial charge in [-0.25, -0.2) is 0 Å². The molecule has 0 saturated heterocycles. The number of carboxylic acids is 1. The predicted octanol–water partition coefficient (Wildman–Crippen LogP) is 1.35. The van der Waals surface area contributed by atoms with Gasteiger partial charge in [-0.15, -0.1) is 0 Å². The smallest absolute Gasteiger partial charge is 0.325 e. The Kier molecular flexibility index (Phi) is 5.32. The monoisotopic (exact) mass is 251 g/mol. The SMILES string of the molecule is CCOC(C(=O)NC(C)C(=O)O)c1ccccc1. The van der Waals surface area contributed by atoms with E-state index in [9.17, 15) is 9.59 Å². The van der Waals surface area contributed by atoms with Crippen LogP contribution < -0.4 is 5.32 Å². The number of carbonyl (C=O) groups is 2. The third-order valence-electron chi connectivity index (χ3n) is 2.40. The molecular weight excluding hydrogens is 234 g/mol. The van der Waals surface area contributed by atoms with E-state index in [1.807, 2.05) is 6.07 Å². The molecule has 0 fully saturated rings. The number of aliphatic carboxylic acids is 1. The van der Waals surface area contributed by atoms with Crippen LogP contribution in [0.25, 0.3) is 0 Å².